The molecule has 35 heavy (non-hydrogen) atoms. The number of ether oxygens (including phenoxy) is 3. The van der Waals surface area contributed by atoms with Gasteiger partial charge in [0.2, 0.25) is 0 Å². The second kappa shape index (κ2) is 11.7. The lowest BCUT2D eigenvalue weighted by molar-refractivity contribution is 0.104. The van der Waals surface area contributed by atoms with Crippen LogP contribution in [0.1, 0.15) is 13.8 Å². The molecule has 0 spiro atoms. The summed E-state index contributed by atoms with van der Waals surface area (Å²) in [5.74, 6) is 1.82. The molecule has 0 aliphatic carbocycles. The molecule has 0 saturated carbocycles. The van der Waals surface area contributed by atoms with Crippen molar-refractivity contribution in [1.29, 1.82) is 0 Å². The fourth-order valence-corrected chi connectivity index (χ4v) is 3.49. The third kappa shape index (κ3) is 6.52. The van der Waals surface area contributed by atoms with E-state index in [0.717, 1.165) is 5.56 Å². The van der Waals surface area contributed by atoms with Gasteiger partial charge in [-0.1, -0.05) is 13.8 Å². The SMILES string of the molecule is COc1ccc(-c2cc(=Nc3ccc(OCC(O)CNC(C)C)cc3)n(C)c(=O)n2C)cc1OC. The quantitative estimate of drug-likeness (QED) is 0.460. The summed E-state index contributed by atoms with van der Waals surface area (Å²) in [6.07, 6.45) is -0.601. The zero-order valence-corrected chi connectivity index (χ0v) is 21.1. The highest BCUT2D eigenvalue weighted by Gasteiger charge is 2.11. The number of methoxy groups -OCH3 is 2. The first-order valence-electron chi connectivity index (χ1n) is 11.4. The highest BCUT2D eigenvalue weighted by atomic mass is 16.5. The van der Waals surface area contributed by atoms with Gasteiger partial charge in [-0.15, -0.1) is 0 Å². The van der Waals surface area contributed by atoms with Gasteiger partial charge in [-0.3, -0.25) is 9.13 Å². The van der Waals surface area contributed by atoms with E-state index in [1.807, 2.05) is 44.2 Å². The third-order valence-corrected chi connectivity index (χ3v) is 5.51. The number of aliphatic hydroxyl groups is 1. The number of rotatable bonds is 10. The van der Waals surface area contributed by atoms with Crippen LogP contribution in [0.25, 0.3) is 11.3 Å². The van der Waals surface area contributed by atoms with Crippen molar-refractivity contribution in [2.45, 2.75) is 26.0 Å². The lowest BCUT2D eigenvalue weighted by Gasteiger charge is -2.15. The molecule has 0 bridgehead atoms. The minimum atomic E-state index is -0.601. The average molecular weight is 483 g/mol. The molecule has 0 radical (unpaired) electrons. The first kappa shape index (κ1) is 26.1. The van der Waals surface area contributed by atoms with Crippen molar-refractivity contribution in [3.63, 3.8) is 0 Å². The van der Waals surface area contributed by atoms with Crippen molar-refractivity contribution in [2.75, 3.05) is 27.4 Å². The van der Waals surface area contributed by atoms with Gasteiger partial charge in [0.25, 0.3) is 0 Å². The lowest BCUT2D eigenvalue weighted by atomic mass is 10.1. The molecule has 1 heterocycles. The normalized spacial score (nSPS) is 12.6. The van der Waals surface area contributed by atoms with Gasteiger partial charge in [0.1, 0.15) is 23.9 Å². The van der Waals surface area contributed by atoms with Crippen LogP contribution in [0, 0.1) is 0 Å². The lowest BCUT2D eigenvalue weighted by Crippen LogP contribution is -2.37. The van der Waals surface area contributed by atoms with Crippen LogP contribution in [-0.4, -0.2) is 53.8 Å². The van der Waals surface area contributed by atoms with Gasteiger partial charge >= 0.3 is 5.69 Å². The Kier molecular flexibility index (Phi) is 8.73. The maximum atomic E-state index is 12.9. The zero-order chi connectivity index (χ0) is 25.5. The molecule has 9 heteroatoms. The Morgan fingerprint density at radius 3 is 2.29 bits per heavy atom. The van der Waals surface area contributed by atoms with Crippen LogP contribution in [0.4, 0.5) is 5.69 Å². The fourth-order valence-electron chi connectivity index (χ4n) is 3.49. The summed E-state index contributed by atoms with van der Waals surface area (Å²) in [5, 5.41) is 13.2. The molecular formula is C26H34N4O5. The zero-order valence-electron chi connectivity index (χ0n) is 21.1. The van der Waals surface area contributed by atoms with E-state index in [9.17, 15) is 9.90 Å². The predicted molar refractivity (Wildman–Crippen MR) is 135 cm³/mol. The number of aliphatic hydroxyl groups excluding tert-OH is 1. The number of hydrogen-bond acceptors (Lipinski definition) is 7. The van der Waals surface area contributed by atoms with Gasteiger partial charge in [-0.25, -0.2) is 9.79 Å². The molecular weight excluding hydrogens is 448 g/mol. The fraction of sp³-hybridized carbons (Fsp3) is 0.385. The molecule has 9 nitrogen and oxygen atoms in total. The number of nitrogens with zero attached hydrogens (tertiary/aromatic N) is 3. The van der Waals surface area contributed by atoms with Crippen molar-refractivity contribution >= 4 is 5.69 Å². The first-order valence-corrected chi connectivity index (χ1v) is 11.4. The van der Waals surface area contributed by atoms with Gasteiger partial charge in [0, 0.05) is 38.3 Å². The van der Waals surface area contributed by atoms with E-state index < -0.39 is 6.10 Å². The highest BCUT2D eigenvalue weighted by molar-refractivity contribution is 5.64. The van der Waals surface area contributed by atoms with E-state index in [0.29, 0.717) is 46.7 Å². The smallest absolute Gasteiger partial charge is 0.329 e. The van der Waals surface area contributed by atoms with E-state index in [-0.39, 0.29) is 12.3 Å². The summed E-state index contributed by atoms with van der Waals surface area (Å²) in [5.41, 5.74) is 2.45. The summed E-state index contributed by atoms with van der Waals surface area (Å²) in [7, 11) is 6.55. The molecule has 2 aromatic carbocycles. The molecule has 1 atom stereocenters. The molecule has 0 saturated heterocycles. The molecule has 3 aromatic rings. The second-order valence-corrected chi connectivity index (χ2v) is 8.49. The number of benzene rings is 2. The Bertz CT molecular complexity index is 1260. The molecule has 0 aliphatic rings. The standard InChI is InChI=1S/C26H34N4O5/c1-17(2)27-15-20(31)16-35-21-10-8-19(9-11-21)28-25-14-22(29(3)26(32)30(25)4)18-7-12-23(33-5)24(13-18)34-6/h7-14,17,20,27,31H,15-16H2,1-6H3. The Labute approximate surface area is 205 Å². The van der Waals surface area contributed by atoms with E-state index in [1.54, 1.807) is 51.1 Å². The maximum absolute atomic E-state index is 12.9. The topological polar surface area (TPSA) is 99.2 Å². The number of nitrogens with one attached hydrogen (secondary N) is 1. The predicted octanol–water partition coefficient (Wildman–Crippen LogP) is 2.38. The van der Waals surface area contributed by atoms with Gasteiger partial charge in [0.15, 0.2) is 11.5 Å². The molecule has 2 N–H and O–H groups in total. The van der Waals surface area contributed by atoms with E-state index in [2.05, 4.69) is 10.3 Å². The van der Waals surface area contributed by atoms with E-state index >= 15 is 0 Å². The van der Waals surface area contributed by atoms with Crippen LogP contribution >= 0.6 is 0 Å². The van der Waals surface area contributed by atoms with Crippen molar-refractivity contribution in [3.8, 4) is 28.5 Å². The van der Waals surface area contributed by atoms with Gasteiger partial charge in [-0.2, -0.15) is 0 Å². The van der Waals surface area contributed by atoms with Crippen LogP contribution < -0.4 is 30.7 Å². The average Bonchev–Trinajstić information content (AvgIpc) is 2.86. The van der Waals surface area contributed by atoms with Gasteiger partial charge in [-0.05, 0) is 42.5 Å². The molecule has 188 valence electrons. The minimum absolute atomic E-state index is 0.189. The Morgan fingerprint density at radius 2 is 1.66 bits per heavy atom. The van der Waals surface area contributed by atoms with Crippen molar-refractivity contribution < 1.29 is 19.3 Å². The summed E-state index contributed by atoms with van der Waals surface area (Å²) >= 11 is 0. The number of hydrogen-bond donors (Lipinski definition) is 2. The molecule has 1 unspecified atom stereocenters. The second-order valence-electron chi connectivity index (χ2n) is 8.49. The Balaban J connectivity index is 1.87. The largest absolute Gasteiger partial charge is 0.493 e. The monoisotopic (exact) mass is 482 g/mol. The summed E-state index contributed by atoms with van der Waals surface area (Å²) in [6, 6.07) is 14.8. The highest BCUT2D eigenvalue weighted by Crippen LogP contribution is 2.31. The molecule has 3 rings (SSSR count). The third-order valence-electron chi connectivity index (χ3n) is 5.51. The summed E-state index contributed by atoms with van der Waals surface area (Å²) < 4.78 is 19.5. The Hall–Kier alpha value is -3.56. The maximum Gasteiger partial charge on any atom is 0.329 e. The van der Waals surface area contributed by atoms with E-state index in [4.69, 9.17) is 14.2 Å². The molecule has 0 amide bonds. The minimum Gasteiger partial charge on any atom is -0.493 e. The molecule has 1 aromatic heterocycles. The van der Waals surface area contributed by atoms with Crippen molar-refractivity contribution in [1.82, 2.24) is 14.5 Å². The van der Waals surface area contributed by atoms with E-state index in [1.165, 1.54) is 4.57 Å². The van der Waals surface area contributed by atoms with Crippen LogP contribution in [0.5, 0.6) is 17.2 Å². The van der Waals surface area contributed by atoms with Crippen molar-refractivity contribution in [2.24, 2.45) is 19.1 Å². The van der Waals surface area contributed by atoms with Crippen LogP contribution in [0.3, 0.4) is 0 Å². The summed E-state index contributed by atoms with van der Waals surface area (Å²) in [4.78, 5) is 17.6. The molecule has 0 aliphatic heterocycles. The van der Waals surface area contributed by atoms with Crippen LogP contribution in [0.2, 0.25) is 0 Å². The van der Waals surface area contributed by atoms with Crippen LogP contribution in [-0.2, 0) is 14.1 Å². The summed E-state index contributed by atoms with van der Waals surface area (Å²) in [6.45, 7) is 4.70. The first-order chi connectivity index (χ1) is 16.7. The van der Waals surface area contributed by atoms with Gasteiger partial charge in [0.05, 0.1) is 25.6 Å². The van der Waals surface area contributed by atoms with Crippen molar-refractivity contribution in [3.05, 3.63) is 64.5 Å². The van der Waals surface area contributed by atoms with Crippen LogP contribution in [0.15, 0.2) is 58.3 Å². The molecule has 0 fully saturated rings. The van der Waals surface area contributed by atoms with Gasteiger partial charge < -0.3 is 24.6 Å². The number of aromatic nitrogens is 2. The Morgan fingerprint density at radius 1 is 0.971 bits per heavy atom.